The maximum absolute atomic E-state index is 10.4. The number of hydrogen-bond donors (Lipinski definition) is 0. The molecule has 0 bridgehead atoms. The molecule has 11 aromatic rings. The highest BCUT2D eigenvalue weighted by atomic mass is 15.1. The summed E-state index contributed by atoms with van der Waals surface area (Å²) < 4.78 is 6.93. The van der Waals surface area contributed by atoms with Crippen molar-refractivity contribution < 1.29 is 0 Å². The normalized spacial score (nSPS) is 11.6. The minimum atomic E-state index is 0.586. The van der Waals surface area contributed by atoms with E-state index < -0.39 is 0 Å². The summed E-state index contributed by atoms with van der Waals surface area (Å²) in [6, 6.07) is 65.9. The van der Waals surface area contributed by atoms with Gasteiger partial charge in [0.05, 0.1) is 62.1 Å². The lowest BCUT2D eigenvalue weighted by Crippen LogP contribution is -2.01. The van der Waals surface area contributed by atoms with Crippen LogP contribution in [0.5, 0.6) is 0 Å². The van der Waals surface area contributed by atoms with E-state index in [-0.39, 0.29) is 0 Å². The largest absolute Gasteiger partial charge is 0.309 e. The highest BCUT2D eigenvalue weighted by Crippen LogP contribution is 2.41. The van der Waals surface area contributed by atoms with E-state index >= 15 is 0 Å². The van der Waals surface area contributed by atoms with Crippen LogP contribution in [0.3, 0.4) is 0 Å². The fourth-order valence-corrected chi connectivity index (χ4v) is 8.80. The molecule has 0 fully saturated rings. The first-order valence-corrected chi connectivity index (χ1v) is 18.3. The smallest absolute Gasteiger partial charge is 0.0998 e. The molecule has 0 saturated heterocycles. The van der Waals surface area contributed by atoms with Crippen LogP contribution in [-0.2, 0) is 0 Å². The minimum Gasteiger partial charge on any atom is -0.309 e. The zero-order chi connectivity index (χ0) is 36.6. The van der Waals surface area contributed by atoms with Crippen molar-refractivity contribution in [2.24, 2.45) is 0 Å². The zero-order valence-corrected chi connectivity index (χ0v) is 29.5. The summed E-state index contributed by atoms with van der Waals surface area (Å²) in [6.45, 7) is 0. The Morgan fingerprint density at radius 3 is 1.56 bits per heavy atom. The fraction of sp³-hybridized carbons (Fsp3) is 0. The van der Waals surface area contributed by atoms with Crippen molar-refractivity contribution in [1.29, 1.82) is 10.5 Å². The second-order valence-electron chi connectivity index (χ2n) is 14.0. The van der Waals surface area contributed by atoms with Gasteiger partial charge < -0.3 is 13.7 Å². The highest BCUT2D eigenvalue weighted by Gasteiger charge is 2.21. The van der Waals surface area contributed by atoms with Gasteiger partial charge in [-0.25, -0.2) is 0 Å². The van der Waals surface area contributed by atoms with Gasteiger partial charge in [0.25, 0.3) is 0 Å². The first kappa shape index (κ1) is 30.7. The predicted molar refractivity (Wildman–Crippen MR) is 224 cm³/mol. The van der Waals surface area contributed by atoms with E-state index in [9.17, 15) is 10.5 Å². The summed E-state index contributed by atoms with van der Waals surface area (Å²) in [5, 5.41) is 27.1. The van der Waals surface area contributed by atoms with E-state index in [1.807, 2.05) is 36.4 Å². The molecule has 0 saturated carbocycles. The van der Waals surface area contributed by atoms with Gasteiger partial charge in [0, 0.05) is 43.7 Å². The van der Waals surface area contributed by atoms with E-state index in [2.05, 4.69) is 165 Å². The molecular weight excluding hydrogens is 671 g/mol. The van der Waals surface area contributed by atoms with Gasteiger partial charge in [-0.3, -0.25) is 0 Å². The standard InChI is InChI=1S/C50H29N5/c51-30-32-27-35(33-23-25-36(26-24-33)53-46-20-8-4-15-42(46)49-34(31-52)11-9-21-47(49)53)29-37(28-32)54-43-17-5-3-14-40(43)41-16-10-22-48(50(41)54)55-44-18-6-1-12-38(44)39-13-2-7-19-45(39)55/h1-29H. The van der Waals surface area contributed by atoms with E-state index in [0.29, 0.717) is 11.1 Å². The van der Waals surface area contributed by atoms with E-state index in [1.165, 1.54) is 10.8 Å². The Bertz CT molecular complexity index is 3400. The molecule has 0 atom stereocenters. The Balaban J connectivity index is 1.13. The molecule has 3 aromatic heterocycles. The monoisotopic (exact) mass is 699 g/mol. The van der Waals surface area contributed by atoms with Crippen molar-refractivity contribution in [1.82, 2.24) is 13.7 Å². The molecule has 0 spiro atoms. The van der Waals surface area contributed by atoms with Crippen molar-refractivity contribution >= 4 is 65.4 Å². The highest BCUT2D eigenvalue weighted by molar-refractivity contribution is 6.15. The molecule has 5 nitrogen and oxygen atoms in total. The number of aromatic nitrogens is 3. The lowest BCUT2D eigenvalue weighted by atomic mass is 10.0. The Morgan fingerprint density at radius 2 is 0.909 bits per heavy atom. The third-order valence-corrected chi connectivity index (χ3v) is 11.1. The van der Waals surface area contributed by atoms with E-state index in [4.69, 9.17) is 0 Å². The van der Waals surface area contributed by atoms with Gasteiger partial charge in [0.2, 0.25) is 0 Å². The summed E-state index contributed by atoms with van der Waals surface area (Å²) in [4.78, 5) is 0. The van der Waals surface area contributed by atoms with Crippen molar-refractivity contribution in [3.05, 3.63) is 187 Å². The van der Waals surface area contributed by atoms with Gasteiger partial charge in [-0.05, 0) is 83.9 Å². The average Bonchev–Trinajstić information content (AvgIpc) is 3.90. The molecule has 0 unspecified atom stereocenters. The van der Waals surface area contributed by atoms with Crippen LogP contribution in [0.4, 0.5) is 0 Å². The SMILES string of the molecule is N#Cc1cc(-c2ccc(-n3c4ccccc4c4c(C#N)cccc43)cc2)cc(-n2c3ccccc3c3cccc(-n4c5ccccc5c5ccccc54)c32)c1. The van der Waals surface area contributed by atoms with E-state index in [0.717, 1.165) is 82.8 Å². The molecule has 8 aromatic carbocycles. The summed E-state index contributed by atoms with van der Waals surface area (Å²) in [7, 11) is 0. The molecule has 0 N–H and O–H groups in total. The van der Waals surface area contributed by atoms with Gasteiger partial charge in [0.1, 0.15) is 0 Å². The lowest BCUT2D eigenvalue weighted by Gasteiger charge is -2.16. The maximum atomic E-state index is 10.4. The van der Waals surface area contributed by atoms with Crippen molar-refractivity contribution in [3.8, 4) is 40.3 Å². The molecule has 0 aliphatic carbocycles. The van der Waals surface area contributed by atoms with E-state index in [1.54, 1.807) is 0 Å². The van der Waals surface area contributed by atoms with Gasteiger partial charge in [-0.15, -0.1) is 0 Å². The molecule has 3 heterocycles. The Labute approximate surface area is 316 Å². The second kappa shape index (κ2) is 11.8. The zero-order valence-electron chi connectivity index (χ0n) is 29.5. The number of nitrogens with zero attached hydrogens (tertiary/aromatic N) is 5. The molecule has 5 heteroatoms. The molecule has 0 aliphatic rings. The van der Waals surface area contributed by atoms with Gasteiger partial charge >= 0.3 is 0 Å². The maximum Gasteiger partial charge on any atom is 0.0998 e. The molecule has 254 valence electrons. The quantitative estimate of drug-likeness (QED) is 0.184. The molecule has 0 amide bonds. The number of fused-ring (bicyclic) bond motifs is 9. The van der Waals surface area contributed by atoms with Crippen LogP contribution >= 0.6 is 0 Å². The minimum absolute atomic E-state index is 0.586. The Kier molecular flexibility index (Phi) is 6.61. The van der Waals surface area contributed by atoms with Crippen LogP contribution in [0.2, 0.25) is 0 Å². The molecule has 11 rings (SSSR count). The van der Waals surface area contributed by atoms with Crippen LogP contribution in [0.1, 0.15) is 11.1 Å². The first-order chi connectivity index (χ1) is 27.2. The third-order valence-electron chi connectivity index (χ3n) is 11.1. The number of para-hydroxylation sites is 5. The third kappa shape index (κ3) is 4.45. The second-order valence-corrected chi connectivity index (χ2v) is 14.0. The van der Waals surface area contributed by atoms with Crippen molar-refractivity contribution in [2.45, 2.75) is 0 Å². The molecular formula is C50H29N5. The van der Waals surface area contributed by atoms with Crippen molar-refractivity contribution in [2.75, 3.05) is 0 Å². The molecule has 55 heavy (non-hydrogen) atoms. The summed E-state index contributed by atoms with van der Waals surface area (Å²) in [5.41, 5.74) is 12.7. The predicted octanol–water partition coefficient (Wildman–Crippen LogP) is 12.4. The fourth-order valence-electron chi connectivity index (χ4n) is 8.80. The lowest BCUT2D eigenvalue weighted by molar-refractivity contribution is 1.13. The van der Waals surface area contributed by atoms with Crippen molar-refractivity contribution in [3.63, 3.8) is 0 Å². The van der Waals surface area contributed by atoms with Gasteiger partial charge in [-0.2, -0.15) is 10.5 Å². The summed E-state index contributed by atoms with van der Waals surface area (Å²) >= 11 is 0. The molecule has 0 aliphatic heterocycles. The number of benzene rings is 8. The average molecular weight is 700 g/mol. The van der Waals surface area contributed by atoms with Gasteiger partial charge in [-0.1, -0.05) is 103 Å². The topological polar surface area (TPSA) is 62.4 Å². The Morgan fingerprint density at radius 1 is 0.364 bits per heavy atom. The van der Waals surface area contributed by atoms with Gasteiger partial charge in [0.15, 0.2) is 0 Å². The molecule has 0 radical (unpaired) electrons. The van der Waals surface area contributed by atoms with Crippen LogP contribution < -0.4 is 0 Å². The number of hydrogen-bond acceptors (Lipinski definition) is 2. The van der Waals surface area contributed by atoms with Crippen LogP contribution in [0, 0.1) is 22.7 Å². The number of nitriles is 2. The van der Waals surface area contributed by atoms with Crippen LogP contribution in [-0.4, -0.2) is 13.7 Å². The summed E-state index contributed by atoms with van der Waals surface area (Å²) in [5.74, 6) is 0. The van der Waals surface area contributed by atoms with Crippen LogP contribution in [0.25, 0.3) is 93.6 Å². The first-order valence-electron chi connectivity index (χ1n) is 18.3. The summed E-state index contributed by atoms with van der Waals surface area (Å²) in [6.07, 6.45) is 0. The van der Waals surface area contributed by atoms with Crippen LogP contribution in [0.15, 0.2) is 176 Å². The Hall–Kier alpha value is -7.86. The number of rotatable bonds is 4.